The Morgan fingerprint density at radius 1 is 1.47 bits per heavy atom. The van der Waals surface area contributed by atoms with Gasteiger partial charge in [-0.2, -0.15) is 5.26 Å². The fourth-order valence-electron chi connectivity index (χ4n) is 1.96. The number of hydrogen-bond acceptors (Lipinski definition) is 5. The number of nitrogens with one attached hydrogen (secondary N) is 2. The van der Waals surface area contributed by atoms with Crippen LogP contribution in [-0.4, -0.2) is 30.9 Å². The number of allylic oxidation sites excluding steroid dienone is 1. The average molecular weight is 279 g/mol. The summed E-state index contributed by atoms with van der Waals surface area (Å²) in [6, 6.07) is 0.0130. The van der Waals surface area contributed by atoms with Crippen LogP contribution in [-0.2, 0) is 9.53 Å². The smallest absolute Gasteiger partial charge is 0.259 e. The van der Waals surface area contributed by atoms with Gasteiger partial charge in [-0.25, -0.2) is 0 Å². The number of carbonyl (C=O) groups excluding carboxylic acids is 1. The summed E-state index contributed by atoms with van der Waals surface area (Å²) in [4.78, 5) is 12.4. The molecule has 1 heterocycles. The van der Waals surface area contributed by atoms with Crippen LogP contribution in [0.3, 0.4) is 0 Å². The van der Waals surface area contributed by atoms with E-state index in [0.29, 0.717) is 17.2 Å². The van der Waals surface area contributed by atoms with E-state index in [1.807, 2.05) is 5.40 Å². The minimum absolute atomic E-state index is 0.0130. The van der Waals surface area contributed by atoms with Gasteiger partial charge in [-0.05, 0) is 43.5 Å². The van der Waals surface area contributed by atoms with Gasteiger partial charge in [0, 0.05) is 18.2 Å². The maximum absolute atomic E-state index is 12.1. The van der Waals surface area contributed by atoms with E-state index in [-0.39, 0.29) is 17.9 Å². The molecular formula is C13H17N3O2S. The monoisotopic (exact) mass is 279 g/mol. The molecule has 2 aliphatic rings. The highest BCUT2D eigenvalue weighted by Gasteiger charge is 2.26. The second kappa shape index (κ2) is 6.73. The zero-order valence-corrected chi connectivity index (χ0v) is 11.5. The molecule has 1 aliphatic carbocycles. The number of nitriles is 1. The Morgan fingerprint density at radius 2 is 2.26 bits per heavy atom. The van der Waals surface area contributed by atoms with Crippen LogP contribution < -0.4 is 5.32 Å². The molecule has 0 aromatic rings. The third-order valence-electron chi connectivity index (χ3n) is 3.18. The number of rotatable bonds is 5. The lowest BCUT2D eigenvalue weighted by atomic mass is 10.1. The Balaban J connectivity index is 1.95. The third-order valence-corrected chi connectivity index (χ3v) is 3.79. The first-order valence-electron chi connectivity index (χ1n) is 6.45. The Bertz CT molecular complexity index is 432. The molecule has 0 aromatic heterocycles. The lowest BCUT2D eigenvalue weighted by Crippen LogP contribution is -2.41. The van der Waals surface area contributed by atoms with E-state index >= 15 is 0 Å². The normalized spacial score (nSPS) is 23.5. The zero-order valence-electron chi connectivity index (χ0n) is 10.6. The number of hydrogen-bond donors (Lipinski definition) is 2. The van der Waals surface area contributed by atoms with Crippen molar-refractivity contribution in [3.8, 4) is 5.40 Å². The van der Waals surface area contributed by atoms with E-state index in [9.17, 15) is 4.79 Å². The van der Waals surface area contributed by atoms with E-state index in [0.717, 1.165) is 44.1 Å². The second-order valence-electron chi connectivity index (χ2n) is 4.82. The van der Waals surface area contributed by atoms with Gasteiger partial charge >= 0.3 is 0 Å². The summed E-state index contributed by atoms with van der Waals surface area (Å²) in [6.45, 7) is 1.27. The van der Waals surface area contributed by atoms with Gasteiger partial charge in [-0.1, -0.05) is 0 Å². The van der Waals surface area contributed by atoms with Crippen molar-refractivity contribution in [3.63, 3.8) is 0 Å². The summed E-state index contributed by atoms with van der Waals surface area (Å²) in [5.41, 5.74) is 0.452. The Hall–Kier alpha value is -1.32. The quantitative estimate of drug-likeness (QED) is 0.456. The summed E-state index contributed by atoms with van der Waals surface area (Å²) in [6.07, 6.45) is 5.39. The van der Waals surface area contributed by atoms with Gasteiger partial charge < -0.3 is 15.5 Å². The summed E-state index contributed by atoms with van der Waals surface area (Å²) in [7, 11) is 0. The fraction of sp³-hybridized carbons (Fsp3) is 0.615. The van der Waals surface area contributed by atoms with Gasteiger partial charge in [-0.15, -0.1) is 0 Å². The van der Waals surface area contributed by atoms with Crippen molar-refractivity contribution in [2.75, 3.05) is 13.2 Å². The first-order valence-corrected chi connectivity index (χ1v) is 7.27. The molecule has 1 aliphatic heterocycles. The van der Waals surface area contributed by atoms with Crippen molar-refractivity contribution < 1.29 is 9.53 Å². The van der Waals surface area contributed by atoms with Gasteiger partial charge in [0.2, 0.25) is 0 Å². The van der Waals surface area contributed by atoms with Gasteiger partial charge in [0.05, 0.1) is 17.6 Å². The molecule has 0 aromatic carbocycles. The molecule has 0 spiro atoms. The molecule has 19 heavy (non-hydrogen) atoms. The topological polar surface area (TPSA) is 86.0 Å². The molecule has 1 saturated carbocycles. The number of thioether (sulfide) groups is 1. The predicted molar refractivity (Wildman–Crippen MR) is 73.7 cm³/mol. The van der Waals surface area contributed by atoms with Gasteiger partial charge in [0.25, 0.3) is 5.91 Å². The zero-order chi connectivity index (χ0) is 13.7. The van der Waals surface area contributed by atoms with Crippen LogP contribution in [0.2, 0.25) is 0 Å². The molecule has 0 radical (unpaired) electrons. The van der Waals surface area contributed by atoms with E-state index < -0.39 is 0 Å². The standard InChI is InChI=1S/C13H17N3O2S/c14-8-19-12(6-11(15)9-3-4-9)13(17)16-10-2-1-5-18-7-10/h6,9-10,15H,1-5,7H2,(H,16,17)/b12-6+,15-11?. The number of nitrogens with zero attached hydrogens (tertiary/aromatic N) is 1. The van der Waals surface area contributed by atoms with Crippen LogP contribution in [0.15, 0.2) is 11.0 Å². The molecule has 6 heteroatoms. The molecule has 5 nitrogen and oxygen atoms in total. The number of ether oxygens (including phenoxy) is 1. The van der Waals surface area contributed by atoms with Crippen LogP contribution >= 0.6 is 11.8 Å². The molecule has 102 valence electrons. The molecule has 1 atom stereocenters. The van der Waals surface area contributed by atoms with Crippen molar-refractivity contribution in [2.45, 2.75) is 31.7 Å². The van der Waals surface area contributed by atoms with E-state index in [1.54, 1.807) is 0 Å². The summed E-state index contributed by atoms with van der Waals surface area (Å²) >= 11 is 0.820. The molecule has 2 N–H and O–H groups in total. The molecule has 0 bridgehead atoms. The molecule has 2 rings (SSSR count). The van der Waals surface area contributed by atoms with Crippen LogP contribution in [0.5, 0.6) is 0 Å². The summed E-state index contributed by atoms with van der Waals surface area (Å²) in [5.74, 6) is 0.00700. The molecule has 1 amide bonds. The fourth-order valence-corrected chi connectivity index (χ4v) is 2.39. The minimum atomic E-state index is -0.271. The first-order chi connectivity index (χ1) is 9.20. The van der Waals surface area contributed by atoms with Gasteiger partial charge in [-0.3, -0.25) is 4.79 Å². The van der Waals surface area contributed by atoms with Crippen LogP contribution in [0.25, 0.3) is 0 Å². The number of amides is 1. The van der Waals surface area contributed by atoms with Crippen molar-refractivity contribution >= 4 is 23.4 Å². The lowest BCUT2D eigenvalue weighted by molar-refractivity contribution is -0.118. The maximum atomic E-state index is 12.1. The van der Waals surface area contributed by atoms with Crippen molar-refractivity contribution in [1.29, 1.82) is 10.7 Å². The van der Waals surface area contributed by atoms with E-state index in [4.69, 9.17) is 15.4 Å². The van der Waals surface area contributed by atoms with Crippen LogP contribution in [0.1, 0.15) is 25.7 Å². The first kappa shape index (κ1) is 14.1. The van der Waals surface area contributed by atoms with Crippen LogP contribution in [0.4, 0.5) is 0 Å². The van der Waals surface area contributed by atoms with Gasteiger partial charge in [0.1, 0.15) is 5.40 Å². The Morgan fingerprint density at radius 3 is 2.84 bits per heavy atom. The van der Waals surface area contributed by atoms with Gasteiger partial charge in [0.15, 0.2) is 0 Å². The highest BCUT2D eigenvalue weighted by molar-refractivity contribution is 8.08. The average Bonchev–Trinajstić information content (AvgIpc) is 3.23. The van der Waals surface area contributed by atoms with Crippen LogP contribution in [0, 0.1) is 22.0 Å². The highest BCUT2D eigenvalue weighted by Crippen LogP contribution is 2.31. The van der Waals surface area contributed by atoms with E-state index in [1.165, 1.54) is 6.08 Å². The minimum Gasteiger partial charge on any atom is -0.379 e. The van der Waals surface area contributed by atoms with Crippen molar-refractivity contribution in [2.24, 2.45) is 5.92 Å². The Kier molecular flexibility index (Phi) is 5.00. The number of thiocyanates is 1. The second-order valence-corrected chi connectivity index (χ2v) is 5.65. The van der Waals surface area contributed by atoms with E-state index in [2.05, 4.69) is 5.32 Å². The SMILES string of the molecule is N#CS/C(=C/C(=N)C1CC1)C(=O)NC1CCCOC1. The summed E-state index contributed by atoms with van der Waals surface area (Å²) in [5, 5.41) is 21.4. The predicted octanol–water partition coefficient (Wildman–Crippen LogP) is 1.81. The maximum Gasteiger partial charge on any atom is 0.259 e. The highest BCUT2D eigenvalue weighted by atomic mass is 32.2. The third kappa shape index (κ3) is 4.37. The molecule has 2 fully saturated rings. The Labute approximate surface area is 116 Å². The van der Waals surface area contributed by atoms with Crippen molar-refractivity contribution in [1.82, 2.24) is 5.32 Å². The lowest BCUT2D eigenvalue weighted by Gasteiger charge is -2.23. The molecule has 1 unspecified atom stereocenters. The number of carbonyl (C=O) groups is 1. The van der Waals surface area contributed by atoms with Crippen molar-refractivity contribution in [3.05, 3.63) is 11.0 Å². The molecular weight excluding hydrogens is 262 g/mol. The molecule has 1 saturated heterocycles. The largest absolute Gasteiger partial charge is 0.379 e. The summed E-state index contributed by atoms with van der Waals surface area (Å²) < 4.78 is 5.30.